The Bertz CT molecular complexity index is 319. The predicted molar refractivity (Wildman–Crippen MR) is 68.0 cm³/mol. The van der Waals surface area contributed by atoms with Gasteiger partial charge in [-0.3, -0.25) is 0 Å². The third-order valence-electron chi connectivity index (χ3n) is 2.08. The summed E-state index contributed by atoms with van der Waals surface area (Å²) in [5.74, 6) is 0. The molecule has 90 valence electrons. The Morgan fingerprint density at radius 3 is 2.62 bits per heavy atom. The molecule has 0 aliphatic heterocycles. The lowest BCUT2D eigenvalue weighted by Crippen LogP contribution is -2.25. The minimum atomic E-state index is -0.953. The zero-order valence-corrected chi connectivity index (χ0v) is 11.1. The Morgan fingerprint density at radius 2 is 2.00 bits per heavy atom. The summed E-state index contributed by atoms with van der Waals surface area (Å²) in [6.07, 6.45) is -1.89. The van der Waals surface area contributed by atoms with Gasteiger partial charge in [0.2, 0.25) is 0 Å². The van der Waals surface area contributed by atoms with Crippen LogP contribution in [0.25, 0.3) is 0 Å². The lowest BCUT2D eigenvalue weighted by atomic mass is 10.1. The highest BCUT2D eigenvalue weighted by Crippen LogP contribution is 2.22. The fourth-order valence-electron chi connectivity index (χ4n) is 1.27. The monoisotopic (exact) mass is 338 g/mol. The fraction of sp³-hybridized carbons (Fsp3) is 0.455. The van der Waals surface area contributed by atoms with Gasteiger partial charge in [-0.15, -0.1) is 0 Å². The molecule has 0 aliphatic carbocycles. The molecule has 0 spiro atoms. The van der Waals surface area contributed by atoms with Crippen LogP contribution in [0.3, 0.4) is 0 Å². The maximum Gasteiger partial charge on any atom is 0.146 e. The largest absolute Gasteiger partial charge is 0.388 e. The van der Waals surface area contributed by atoms with E-state index in [1.165, 1.54) is 7.11 Å². The zero-order chi connectivity index (χ0) is 12.0. The Kier molecular flexibility index (Phi) is 6.22. The molecule has 0 heterocycles. The van der Waals surface area contributed by atoms with Gasteiger partial charge in [-0.05, 0) is 34.2 Å². The van der Waals surface area contributed by atoms with E-state index < -0.39 is 12.2 Å². The van der Waals surface area contributed by atoms with Gasteiger partial charge in [0, 0.05) is 10.7 Å². The molecule has 2 N–H and O–H groups in total. The molecule has 0 saturated carbocycles. The molecule has 1 aromatic rings. The highest BCUT2D eigenvalue weighted by atomic mass is 127. The summed E-state index contributed by atoms with van der Waals surface area (Å²) in [5.41, 5.74) is 0.705. The van der Waals surface area contributed by atoms with Crippen LogP contribution in [0.5, 0.6) is 0 Å². The van der Waals surface area contributed by atoms with Crippen LogP contribution in [0, 0.1) is 3.57 Å². The van der Waals surface area contributed by atoms with Gasteiger partial charge in [0.25, 0.3) is 0 Å². The van der Waals surface area contributed by atoms with Crippen molar-refractivity contribution in [3.8, 4) is 0 Å². The first-order valence-electron chi connectivity index (χ1n) is 4.84. The Morgan fingerprint density at radius 1 is 1.31 bits per heavy atom. The molecule has 4 nitrogen and oxygen atoms in total. The summed E-state index contributed by atoms with van der Waals surface area (Å²) in [6.45, 7) is 0.148. The SMILES string of the molecule is COCOCC(O)C(O)c1ccccc1I. The second-order valence-corrected chi connectivity index (χ2v) is 4.47. The third-order valence-corrected chi connectivity index (χ3v) is 3.06. The molecular weight excluding hydrogens is 323 g/mol. The van der Waals surface area contributed by atoms with E-state index in [2.05, 4.69) is 27.3 Å². The van der Waals surface area contributed by atoms with E-state index in [0.717, 1.165) is 3.57 Å². The van der Waals surface area contributed by atoms with Crippen molar-refractivity contribution in [2.24, 2.45) is 0 Å². The van der Waals surface area contributed by atoms with E-state index in [9.17, 15) is 10.2 Å². The van der Waals surface area contributed by atoms with Crippen molar-refractivity contribution in [3.05, 3.63) is 33.4 Å². The van der Waals surface area contributed by atoms with Crippen molar-refractivity contribution in [1.82, 2.24) is 0 Å². The van der Waals surface area contributed by atoms with Gasteiger partial charge < -0.3 is 19.7 Å². The summed E-state index contributed by atoms with van der Waals surface area (Å²) in [6, 6.07) is 7.36. The van der Waals surface area contributed by atoms with Crippen LogP contribution in [0.15, 0.2) is 24.3 Å². The van der Waals surface area contributed by atoms with Crippen LogP contribution in [-0.4, -0.2) is 36.8 Å². The minimum absolute atomic E-state index is 0.0416. The lowest BCUT2D eigenvalue weighted by molar-refractivity contribution is -0.0901. The summed E-state index contributed by atoms with van der Waals surface area (Å²) in [5, 5.41) is 19.6. The predicted octanol–water partition coefficient (Wildman–Crippen LogP) is 1.31. The summed E-state index contributed by atoms with van der Waals surface area (Å²) in [4.78, 5) is 0. The first kappa shape index (κ1) is 13.9. The molecule has 0 radical (unpaired) electrons. The first-order valence-corrected chi connectivity index (χ1v) is 5.92. The molecule has 0 aliphatic rings. The third kappa shape index (κ3) is 3.99. The van der Waals surface area contributed by atoms with Gasteiger partial charge in [0.15, 0.2) is 0 Å². The number of halogens is 1. The standard InChI is InChI=1S/C11H15IO4/c1-15-7-16-6-10(13)11(14)8-4-2-3-5-9(8)12/h2-5,10-11,13-14H,6-7H2,1H3. The quantitative estimate of drug-likeness (QED) is 0.467. The smallest absolute Gasteiger partial charge is 0.146 e. The van der Waals surface area contributed by atoms with Crippen LogP contribution in [0.2, 0.25) is 0 Å². The van der Waals surface area contributed by atoms with E-state index in [1.54, 1.807) is 6.07 Å². The van der Waals surface area contributed by atoms with Crippen LogP contribution in [0.1, 0.15) is 11.7 Å². The molecular formula is C11H15IO4. The first-order chi connectivity index (χ1) is 7.66. The Balaban J connectivity index is 2.56. The van der Waals surface area contributed by atoms with Gasteiger partial charge in [-0.2, -0.15) is 0 Å². The Labute approximate surface area is 108 Å². The molecule has 0 aromatic heterocycles. The molecule has 1 aromatic carbocycles. The summed E-state index contributed by atoms with van der Waals surface area (Å²) in [7, 11) is 1.50. The van der Waals surface area contributed by atoms with Crippen LogP contribution in [-0.2, 0) is 9.47 Å². The number of aliphatic hydroxyl groups is 2. The zero-order valence-electron chi connectivity index (χ0n) is 8.97. The molecule has 0 bridgehead atoms. The van der Waals surface area contributed by atoms with Gasteiger partial charge in [-0.1, -0.05) is 18.2 Å². The minimum Gasteiger partial charge on any atom is -0.388 e. The number of hydrogen-bond donors (Lipinski definition) is 2. The summed E-state index contributed by atoms with van der Waals surface area (Å²) < 4.78 is 10.6. The van der Waals surface area contributed by atoms with E-state index in [-0.39, 0.29) is 13.4 Å². The molecule has 0 amide bonds. The maximum absolute atomic E-state index is 9.89. The van der Waals surface area contributed by atoms with Crippen molar-refractivity contribution in [2.45, 2.75) is 12.2 Å². The molecule has 2 atom stereocenters. The van der Waals surface area contributed by atoms with Crippen molar-refractivity contribution in [3.63, 3.8) is 0 Å². The van der Waals surface area contributed by atoms with Gasteiger partial charge in [-0.25, -0.2) is 0 Å². The van der Waals surface area contributed by atoms with Crippen molar-refractivity contribution < 1.29 is 19.7 Å². The van der Waals surface area contributed by atoms with Gasteiger partial charge in [0.05, 0.1) is 6.61 Å². The molecule has 5 heteroatoms. The lowest BCUT2D eigenvalue weighted by Gasteiger charge is -2.19. The average molecular weight is 338 g/mol. The van der Waals surface area contributed by atoms with Gasteiger partial charge in [0.1, 0.15) is 19.0 Å². The average Bonchev–Trinajstić information content (AvgIpc) is 2.29. The molecule has 0 fully saturated rings. The number of rotatable bonds is 6. The van der Waals surface area contributed by atoms with Crippen LogP contribution in [0.4, 0.5) is 0 Å². The number of hydrogen-bond acceptors (Lipinski definition) is 4. The molecule has 0 saturated heterocycles. The Hall–Kier alpha value is -0.210. The molecule has 2 unspecified atom stereocenters. The second kappa shape index (κ2) is 7.18. The maximum atomic E-state index is 9.89. The van der Waals surface area contributed by atoms with E-state index in [0.29, 0.717) is 5.56 Å². The van der Waals surface area contributed by atoms with Crippen molar-refractivity contribution in [2.75, 3.05) is 20.5 Å². The number of aliphatic hydroxyl groups excluding tert-OH is 2. The normalized spacial score (nSPS) is 14.8. The van der Waals surface area contributed by atoms with Gasteiger partial charge >= 0.3 is 0 Å². The summed E-state index contributed by atoms with van der Waals surface area (Å²) >= 11 is 2.12. The van der Waals surface area contributed by atoms with E-state index in [1.807, 2.05) is 18.2 Å². The van der Waals surface area contributed by atoms with Crippen molar-refractivity contribution >= 4 is 22.6 Å². The highest BCUT2D eigenvalue weighted by Gasteiger charge is 2.20. The second-order valence-electron chi connectivity index (χ2n) is 3.31. The molecule has 1 rings (SSSR count). The number of ether oxygens (including phenoxy) is 2. The molecule has 16 heavy (non-hydrogen) atoms. The van der Waals surface area contributed by atoms with Crippen LogP contribution < -0.4 is 0 Å². The number of methoxy groups -OCH3 is 1. The highest BCUT2D eigenvalue weighted by molar-refractivity contribution is 14.1. The topological polar surface area (TPSA) is 58.9 Å². The number of benzene rings is 1. The van der Waals surface area contributed by atoms with E-state index in [4.69, 9.17) is 4.74 Å². The van der Waals surface area contributed by atoms with Crippen LogP contribution >= 0.6 is 22.6 Å². The van der Waals surface area contributed by atoms with E-state index >= 15 is 0 Å². The van der Waals surface area contributed by atoms with Crippen molar-refractivity contribution in [1.29, 1.82) is 0 Å². The fourth-order valence-corrected chi connectivity index (χ4v) is 1.97.